The Morgan fingerprint density at radius 1 is 1.05 bits per heavy atom. The minimum absolute atomic E-state index is 0.0354. The molecule has 206 valence electrons. The Hall–Kier alpha value is -3.01. The molecule has 4 aliphatic rings. The van der Waals surface area contributed by atoms with Gasteiger partial charge in [0.1, 0.15) is 5.65 Å². The zero-order valence-electron chi connectivity index (χ0n) is 22.3. The number of benzene rings is 1. The fraction of sp³-hybridized carbons (Fsp3) is 0.567. The third-order valence-corrected chi connectivity index (χ3v) is 9.41. The third-order valence-electron chi connectivity index (χ3n) is 9.41. The second kappa shape index (κ2) is 10.2. The first-order valence-corrected chi connectivity index (χ1v) is 14.4. The molecule has 0 radical (unpaired) electrons. The Bertz CT molecular complexity index is 1370. The molecule has 2 saturated carbocycles. The summed E-state index contributed by atoms with van der Waals surface area (Å²) in [4.78, 5) is 24.7. The van der Waals surface area contributed by atoms with Gasteiger partial charge in [-0.15, -0.1) is 0 Å². The van der Waals surface area contributed by atoms with Gasteiger partial charge >= 0.3 is 0 Å². The molecule has 2 aromatic heterocycles. The average molecular weight is 532 g/mol. The van der Waals surface area contributed by atoms with Crippen LogP contribution in [0, 0.1) is 17.3 Å². The molecule has 9 heteroatoms. The summed E-state index contributed by atoms with van der Waals surface area (Å²) in [7, 11) is 0. The van der Waals surface area contributed by atoms with Crippen molar-refractivity contribution in [1.29, 1.82) is 0 Å². The van der Waals surface area contributed by atoms with E-state index in [2.05, 4.69) is 39.5 Å². The molecule has 2 bridgehead atoms. The van der Waals surface area contributed by atoms with Crippen molar-refractivity contribution in [1.82, 2.24) is 14.5 Å². The molecule has 39 heavy (non-hydrogen) atoms. The van der Waals surface area contributed by atoms with Gasteiger partial charge in [0, 0.05) is 48.2 Å². The van der Waals surface area contributed by atoms with E-state index in [1.807, 2.05) is 16.8 Å². The standard InChI is InChI=1S/C30H37N5O4/c36-16-30(17-38-18-30)19-39-25-9-11-34(12-10-25)24-6-4-23(5-7-24)32-29-31-15-22-3-8-27(37)35(28(22)33-29)26-14-20-1-2-21(26)13-20/h3-8,15,20-21,25-26,36H,1-2,9-14,16-19H2,(H,31,32,33)/t20?,21?,26-/m1/s1. The molecule has 7 rings (SSSR count). The van der Waals surface area contributed by atoms with Crippen molar-refractivity contribution >= 4 is 28.4 Å². The molecule has 2 aliphatic heterocycles. The number of piperidine rings is 1. The highest BCUT2D eigenvalue weighted by atomic mass is 16.5. The number of nitrogens with zero attached hydrogens (tertiary/aromatic N) is 4. The number of hydrogen-bond donors (Lipinski definition) is 2. The Morgan fingerprint density at radius 2 is 1.87 bits per heavy atom. The lowest BCUT2D eigenvalue weighted by molar-refractivity contribution is -0.178. The number of fused-ring (bicyclic) bond motifs is 3. The number of nitrogens with one attached hydrogen (secondary N) is 1. The average Bonchev–Trinajstić information content (AvgIpc) is 3.57. The Labute approximate surface area is 228 Å². The number of hydrogen-bond acceptors (Lipinski definition) is 8. The second-order valence-corrected chi connectivity index (χ2v) is 12.1. The number of rotatable bonds is 8. The quantitative estimate of drug-likeness (QED) is 0.452. The van der Waals surface area contributed by atoms with E-state index < -0.39 is 0 Å². The zero-order chi connectivity index (χ0) is 26.4. The van der Waals surface area contributed by atoms with Crippen molar-refractivity contribution in [3.05, 3.63) is 52.9 Å². The smallest absolute Gasteiger partial charge is 0.252 e. The molecule has 0 amide bonds. The van der Waals surface area contributed by atoms with Crippen LogP contribution in [0.5, 0.6) is 0 Å². The van der Waals surface area contributed by atoms with Crippen LogP contribution in [0.1, 0.15) is 44.6 Å². The van der Waals surface area contributed by atoms with Gasteiger partial charge < -0.3 is 24.8 Å². The van der Waals surface area contributed by atoms with Gasteiger partial charge in [-0.1, -0.05) is 6.42 Å². The van der Waals surface area contributed by atoms with Crippen molar-refractivity contribution in [2.45, 2.75) is 50.7 Å². The van der Waals surface area contributed by atoms with Crippen LogP contribution in [0.25, 0.3) is 11.0 Å². The predicted octanol–water partition coefficient (Wildman–Crippen LogP) is 3.89. The van der Waals surface area contributed by atoms with Crippen LogP contribution < -0.4 is 15.8 Å². The van der Waals surface area contributed by atoms with Crippen molar-refractivity contribution in [2.24, 2.45) is 17.3 Å². The second-order valence-electron chi connectivity index (χ2n) is 12.1. The maximum atomic E-state index is 12.9. The summed E-state index contributed by atoms with van der Waals surface area (Å²) in [6.45, 7) is 3.76. The summed E-state index contributed by atoms with van der Waals surface area (Å²) in [6, 6.07) is 12.1. The van der Waals surface area contributed by atoms with Gasteiger partial charge in [-0.05, 0) is 74.3 Å². The number of aliphatic hydroxyl groups excluding tert-OH is 1. The summed E-state index contributed by atoms with van der Waals surface area (Å²) in [5.74, 6) is 1.84. The SMILES string of the molecule is O=c1ccc2cnc(Nc3ccc(N4CCC(OCC5(CO)COC5)CC4)cc3)nc2n1[C@@H]1CC2CCC1C2. The molecule has 0 spiro atoms. The van der Waals surface area contributed by atoms with Crippen molar-refractivity contribution in [2.75, 3.05) is 49.7 Å². The number of aromatic nitrogens is 3. The van der Waals surface area contributed by atoms with Crippen molar-refractivity contribution in [3.8, 4) is 0 Å². The van der Waals surface area contributed by atoms with E-state index in [1.165, 1.54) is 24.9 Å². The van der Waals surface area contributed by atoms with Gasteiger partial charge in [-0.3, -0.25) is 9.36 Å². The van der Waals surface area contributed by atoms with Crippen LogP contribution >= 0.6 is 0 Å². The Balaban J connectivity index is 1.00. The molecule has 2 N–H and O–H groups in total. The fourth-order valence-electron chi connectivity index (χ4n) is 7.02. The summed E-state index contributed by atoms with van der Waals surface area (Å²) in [6.07, 6.45) is 8.81. The van der Waals surface area contributed by atoms with Crippen LogP contribution in [-0.4, -0.2) is 65.3 Å². The van der Waals surface area contributed by atoms with E-state index in [9.17, 15) is 9.90 Å². The highest BCUT2D eigenvalue weighted by Gasteiger charge is 2.41. The first kappa shape index (κ1) is 25.0. The molecular weight excluding hydrogens is 494 g/mol. The Kier molecular flexibility index (Phi) is 6.53. The predicted molar refractivity (Wildman–Crippen MR) is 150 cm³/mol. The maximum absolute atomic E-state index is 12.9. The summed E-state index contributed by atoms with van der Waals surface area (Å²) in [5, 5.41) is 13.9. The number of ether oxygens (including phenoxy) is 2. The topological polar surface area (TPSA) is 102 Å². The highest BCUT2D eigenvalue weighted by Crippen LogP contribution is 2.50. The highest BCUT2D eigenvalue weighted by molar-refractivity contribution is 5.76. The van der Waals surface area contributed by atoms with E-state index in [0.29, 0.717) is 31.7 Å². The maximum Gasteiger partial charge on any atom is 0.252 e. The lowest BCUT2D eigenvalue weighted by atomic mass is 9.88. The summed E-state index contributed by atoms with van der Waals surface area (Å²) >= 11 is 0. The van der Waals surface area contributed by atoms with Crippen LogP contribution in [0.3, 0.4) is 0 Å². The number of aliphatic hydroxyl groups is 1. The van der Waals surface area contributed by atoms with E-state index in [-0.39, 0.29) is 29.7 Å². The first-order chi connectivity index (χ1) is 19.1. The van der Waals surface area contributed by atoms with Crippen molar-refractivity contribution in [3.63, 3.8) is 0 Å². The molecule has 3 atom stereocenters. The molecular formula is C30H37N5O4. The molecule has 2 unspecified atom stereocenters. The van der Waals surface area contributed by atoms with Crippen LogP contribution in [0.2, 0.25) is 0 Å². The van der Waals surface area contributed by atoms with Crippen LogP contribution in [-0.2, 0) is 9.47 Å². The lowest BCUT2D eigenvalue weighted by Crippen LogP contribution is -2.50. The van der Waals surface area contributed by atoms with Crippen molar-refractivity contribution < 1.29 is 14.6 Å². The van der Waals surface area contributed by atoms with Gasteiger partial charge in [0.25, 0.3) is 5.56 Å². The molecule has 3 aromatic rings. The minimum Gasteiger partial charge on any atom is -0.396 e. The van der Waals surface area contributed by atoms with E-state index in [1.54, 1.807) is 6.07 Å². The van der Waals surface area contributed by atoms with Gasteiger partial charge in [0.2, 0.25) is 5.95 Å². The van der Waals surface area contributed by atoms with Crippen LogP contribution in [0.4, 0.5) is 17.3 Å². The summed E-state index contributed by atoms with van der Waals surface area (Å²) < 4.78 is 13.3. The summed E-state index contributed by atoms with van der Waals surface area (Å²) in [5.41, 5.74) is 2.67. The zero-order valence-corrected chi connectivity index (χ0v) is 22.3. The minimum atomic E-state index is -0.192. The Morgan fingerprint density at radius 3 is 2.54 bits per heavy atom. The van der Waals surface area contributed by atoms with Gasteiger partial charge in [-0.2, -0.15) is 4.98 Å². The molecule has 9 nitrogen and oxygen atoms in total. The number of anilines is 3. The molecule has 1 aromatic carbocycles. The molecule has 4 heterocycles. The largest absolute Gasteiger partial charge is 0.396 e. The van der Waals surface area contributed by atoms with Gasteiger partial charge in [0.05, 0.1) is 37.9 Å². The molecule has 2 aliphatic carbocycles. The van der Waals surface area contributed by atoms with E-state index >= 15 is 0 Å². The van der Waals surface area contributed by atoms with E-state index in [0.717, 1.165) is 55.0 Å². The molecule has 4 fully saturated rings. The monoisotopic (exact) mass is 531 g/mol. The number of pyridine rings is 1. The first-order valence-electron chi connectivity index (χ1n) is 14.4. The lowest BCUT2D eigenvalue weighted by Gasteiger charge is -2.41. The van der Waals surface area contributed by atoms with Crippen LogP contribution in [0.15, 0.2) is 47.4 Å². The van der Waals surface area contributed by atoms with Gasteiger partial charge in [-0.25, -0.2) is 4.98 Å². The third kappa shape index (κ3) is 4.81. The normalized spacial score (nSPS) is 26.2. The van der Waals surface area contributed by atoms with E-state index in [4.69, 9.17) is 14.5 Å². The van der Waals surface area contributed by atoms with Gasteiger partial charge in [0.15, 0.2) is 0 Å². The fourth-order valence-corrected chi connectivity index (χ4v) is 7.02. The molecule has 2 saturated heterocycles.